The molecule has 0 bridgehead atoms. The van der Waals surface area contributed by atoms with Crippen LogP contribution in [-0.2, 0) is 0 Å². The summed E-state index contributed by atoms with van der Waals surface area (Å²) in [4.78, 5) is 11.8. The first-order valence-corrected chi connectivity index (χ1v) is 8.04. The van der Waals surface area contributed by atoms with Gasteiger partial charge in [0, 0.05) is 29.7 Å². The molecule has 2 heterocycles. The first-order valence-electron chi connectivity index (χ1n) is 7.66. The molecule has 0 radical (unpaired) electrons. The fourth-order valence-electron chi connectivity index (χ4n) is 3.02. The monoisotopic (exact) mass is 316 g/mol. The molecule has 0 aliphatic carbocycles. The summed E-state index contributed by atoms with van der Waals surface area (Å²) >= 11 is 5.94. The smallest absolute Gasteiger partial charge is 0.159 e. The number of benzene rings is 1. The summed E-state index contributed by atoms with van der Waals surface area (Å²) in [5.41, 5.74) is 10.2. The van der Waals surface area contributed by atoms with Gasteiger partial charge in [0.15, 0.2) is 5.82 Å². The number of aryl methyl sites for hydroxylation is 2. The second-order valence-corrected chi connectivity index (χ2v) is 6.33. The van der Waals surface area contributed by atoms with Crippen LogP contribution in [-0.4, -0.2) is 29.1 Å². The molecule has 1 aromatic carbocycles. The molecule has 3 rings (SSSR count). The summed E-state index contributed by atoms with van der Waals surface area (Å²) in [6.07, 6.45) is 2.05. The number of rotatable bonds is 2. The van der Waals surface area contributed by atoms with Gasteiger partial charge in [-0.2, -0.15) is 0 Å². The molecule has 1 aliphatic rings. The zero-order chi connectivity index (χ0) is 15.7. The molecule has 1 aromatic heterocycles. The Hall–Kier alpha value is -1.65. The van der Waals surface area contributed by atoms with Crippen molar-refractivity contribution in [3.05, 3.63) is 40.7 Å². The van der Waals surface area contributed by atoms with Crippen molar-refractivity contribution < 1.29 is 0 Å². The quantitative estimate of drug-likeness (QED) is 0.923. The Morgan fingerprint density at radius 1 is 1.05 bits per heavy atom. The molecule has 2 N–H and O–H groups in total. The van der Waals surface area contributed by atoms with Crippen LogP contribution in [0.1, 0.15) is 24.2 Å². The Labute approximate surface area is 136 Å². The number of nitrogens with two attached hydrogens (primary N) is 1. The molecule has 5 heteroatoms. The predicted molar refractivity (Wildman–Crippen MR) is 91.4 cm³/mol. The Balaban J connectivity index is 1.93. The van der Waals surface area contributed by atoms with Crippen molar-refractivity contribution in [2.24, 2.45) is 5.73 Å². The third-order valence-electron chi connectivity index (χ3n) is 4.19. The molecule has 1 saturated heterocycles. The maximum Gasteiger partial charge on any atom is 0.159 e. The first-order chi connectivity index (χ1) is 10.5. The molecule has 4 nitrogen and oxygen atoms in total. The van der Waals surface area contributed by atoms with Gasteiger partial charge < -0.3 is 10.6 Å². The van der Waals surface area contributed by atoms with Crippen LogP contribution >= 0.6 is 11.6 Å². The highest BCUT2D eigenvalue weighted by atomic mass is 35.5. The Bertz CT molecular complexity index is 638. The Kier molecular flexibility index (Phi) is 4.32. The van der Waals surface area contributed by atoms with Crippen molar-refractivity contribution in [3.8, 4) is 11.4 Å². The highest BCUT2D eigenvalue weighted by Crippen LogP contribution is 2.28. The second-order valence-electron chi connectivity index (χ2n) is 5.90. The van der Waals surface area contributed by atoms with Crippen LogP contribution in [0.3, 0.4) is 0 Å². The summed E-state index contributed by atoms with van der Waals surface area (Å²) in [5.74, 6) is 0.754. The van der Waals surface area contributed by atoms with Crippen molar-refractivity contribution in [3.63, 3.8) is 0 Å². The van der Waals surface area contributed by atoms with Crippen LogP contribution in [0, 0.1) is 13.8 Å². The largest absolute Gasteiger partial charge is 0.368 e. The maximum atomic E-state index is 5.99. The molecule has 0 spiro atoms. The fourth-order valence-corrected chi connectivity index (χ4v) is 3.15. The molecule has 1 aliphatic heterocycles. The van der Waals surface area contributed by atoms with Crippen molar-refractivity contribution in [1.29, 1.82) is 0 Å². The van der Waals surface area contributed by atoms with Crippen molar-refractivity contribution in [2.75, 3.05) is 18.0 Å². The van der Waals surface area contributed by atoms with E-state index in [0.717, 1.165) is 59.4 Å². The molecule has 0 saturated carbocycles. The summed E-state index contributed by atoms with van der Waals surface area (Å²) in [7, 11) is 0. The highest BCUT2D eigenvalue weighted by molar-refractivity contribution is 6.30. The second kappa shape index (κ2) is 6.23. The van der Waals surface area contributed by atoms with E-state index in [1.165, 1.54) is 0 Å². The van der Waals surface area contributed by atoms with Gasteiger partial charge in [0.05, 0.1) is 17.1 Å². The van der Waals surface area contributed by atoms with E-state index in [1.807, 2.05) is 24.3 Å². The molecule has 0 unspecified atom stereocenters. The SMILES string of the molecule is Cc1nc(-c2ccc(Cl)cc2)nc(C)c1N1CCC(N)CC1. The van der Waals surface area contributed by atoms with E-state index < -0.39 is 0 Å². The van der Waals surface area contributed by atoms with Crippen molar-refractivity contribution >= 4 is 17.3 Å². The molecule has 22 heavy (non-hydrogen) atoms. The average molecular weight is 317 g/mol. The molecular weight excluding hydrogens is 296 g/mol. The van der Waals surface area contributed by atoms with E-state index >= 15 is 0 Å². The maximum absolute atomic E-state index is 5.99. The average Bonchev–Trinajstić information content (AvgIpc) is 2.49. The zero-order valence-electron chi connectivity index (χ0n) is 13.0. The standard InChI is InChI=1S/C17H21ClN4/c1-11-16(22-9-7-15(19)8-10-22)12(2)21-17(20-11)13-3-5-14(18)6-4-13/h3-6,15H,7-10,19H2,1-2H3. The minimum atomic E-state index is 0.325. The van der Waals surface area contributed by atoms with Crippen LogP contribution in [0.15, 0.2) is 24.3 Å². The van der Waals surface area contributed by atoms with Gasteiger partial charge in [-0.1, -0.05) is 11.6 Å². The Morgan fingerprint density at radius 3 is 2.14 bits per heavy atom. The van der Waals surface area contributed by atoms with Crippen LogP contribution in [0.5, 0.6) is 0 Å². The predicted octanol–water partition coefficient (Wildman–Crippen LogP) is 3.34. The lowest BCUT2D eigenvalue weighted by Gasteiger charge is -2.33. The number of aromatic nitrogens is 2. The summed E-state index contributed by atoms with van der Waals surface area (Å²) in [6, 6.07) is 7.97. The van der Waals surface area contributed by atoms with Crippen molar-refractivity contribution in [1.82, 2.24) is 9.97 Å². The number of hydrogen-bond acceptors (Lipinski definition) is 4. The van der Waals surface area contributed by atoms with Crippen LogP contribution < -0.4 is 10.6 Å². The lowest BCUT2D eigenvalue weighted by atomic mass is 10.0. The molecule has 116 valence electrons. The van der Waals surface area contributed by atoms with Crippen molar-refractivity contribution in [2.45, 2.75) is 32.7 Å². The molecule has 2 aromatic rings. The van der Waals surface area contributed by atoms with Gasteiger partial charge in [-0.15, -0.1) is 0 Å². The fraction of sp³-hybridized carbons (Fsp3) is 0.412. The van der Waals surface area contributed by atoms with Crippen LogP contribution in [0.2, 0.25) is 5.02 Å². The lowest BCUT2D eigenvalue weighted by Crippen LogP contribution is -2.40. The summed E-state index contributed by atoms with van der Waals surface area (Å²) in [6.45, 7) is 6.06. The third-order valence-corrected chi connectivity index (χ3v) is 4.44. The van der Waals surface area contributed by atoms with E-state index in [-0.39, 0.29) is 0 Å². The normalized spacial score (nSPS) is 16.1. The number of halogens is 1. The van der Waals surface area contributed by atoms with Crippen LogP contribution in [0.25, 0.3) is 11.4 Å². The number of hydrogen-bond donors (Lipinski definition) is 1. The van der Waals surface area contributed by atoms with E-state index in [9.17, 15) is 0 Å². The molecule has 0 atom stereocenters. The summed E-state index contributed by atoms with van der Waals surface area (Å²) < 4.78 is 0. The van der Waals surface area contributed by atoms with Gasteiger partial charge in [0.2, 0.25) is 0 Å². The first kappa shape index (κ1) is 15.3. The molecule has 1 fully saturated rings. The summed E-state index contributed by atoms with van der Waals surface area (Å²) in [5, 5.41) is 0.721. The minimum Gasteiger partial charge on any atom is -0.368 e. The van der Waals surface area contributed by atoms with E-state index in [2.05, 4.69) is 18.7 Å². The van der Waals surface area contributed by atoms with Gasteiger partial charge in [-0.25, -0.2) is 9.97 Å². The molecular formula is C17H21ClN4. The molecule has 0 amide bonds. The van der Waals surface area contributed by atoms with E-state index in [4.69, 9.17) is 27.3 Å². The number of nitrogens with zero attached hydrogens (tertiary/aromatic N) is 3. The van der Waals surface area contributed by atoms with E-state index in [0.29, 0.717) is 6.04 Å². The van der Waals surface area contributed by atoms with Gasteiger partial charge in [-0.3, -0.25) is 0 Å². The number of anilines is 1. The van der Waals surface area contributed by atoms with Gasteiger partial charge in [-0.05, 0) is 51.0 Å². The highest BCUT2D eigenvalue weighted by Gasteiger charge is 2.21. The third kappa shape index (κ3) is 3.08. The topological polar surface area (TPSA) is 55.0 Å². The van der Waals surface area contributed by atoms with Crippen LogP contribution in [0.4, 0.5) is 5.69 Å². The zero-order valence-corrected chi connectivity index (χ0v) is 13.8. The van der Waals surface area contributed by atoms with Gasteiger partial charge in [0.1, 0.15) is 0 Å². The minimum absolute atomic E-state index is 0.325. The Morgan fingerprint density at radius 2 is 1.59 bits per heavy atom. The van der Waals surface area contributed by atoms with E-state index in [1.54, 1.807) is 0 Å². The van der Waals surface area contributed by atoms with Gasteiger partial charge >= 0.3 is 0 Å². The lowest BCUT2D eigenvalue weighted by molar-refractivity contribution is 0.499. The number of piperidine rings is 1. The van der Waals surface area contributed by atoms with Gasteiger partial charge in [0.25, 0.3) is 0 Å².